The lowest BCUT2D eigenvalue weighted by Gasteiger charge is -2.10. The highest BCUT2D eigenvalue weighted by Gasteiger charge is 2.20. The first kappa shape index (κ1) is 19.9. The molecule has 142 valence electrons. The fourth-order valence-corrected chi connectivity index (χ4v) is 2.40. The van der Waals surface area contributed by atoms with Crippen molar-refractivity contribution in [1.29, 1.82) is 0 Å². The monoisotopic (exact) mass is 371 g/mol. The second-order valence-corrected chi connectivity index (χ2v) is 5.95. The summed E-state index contributed by atoms with van der Waals surface area (Å²) in [7, 11) is 0. The Kier molecular flexibility index (Phi) is 6.48. The van der Waals surface area contributed by atoms with E-state index in [9.17, 15) is 19.2 Å². The number of rotatable bonds is 7. The van der Waals surface area contributed by atoms with Crippen molar-refractivity contribution in [3.8, 4) is 0 Å². The van der Waals surface area contributed by atoms with Crippen molar-refractivity contribution in [1.82, 2.24) is 9.55 Å². The topological polar surface area (TPSA) is 124 Å². The van der Waals surface area contributed by atoms with E-state index in [4.69, 9.17) is 10.5 Å². The molecule has 1 aromatic carbocycles. The van der Waals surface area contributed by atoms with Crippen LogP contribution >= 0.6 is 0 Å². The molecule has 1 heterocycles. The second kappa shape index (κ2) is 8.79. The predicted molar refractivity (Wildman–Crippen MR) is 102 cm³/mol. The van der Waals surface area contributed by atoms with Crippen molar-refractivity contribution < 1.29 is 14.3 Å². The Labute approximate surface area is 155 Å². The molecule has 0 atom stereocenters. The van der Waals surface area contributed by atoms with Gasteiger partial charge in [0.2, 0.25) is 5.78 Å². The molecule has 0 unspecified atom stereocenters. The molecule has 0 radical (unpaired) electrons. The number of aromatic nitrogens is 2. The van der Waals surface area contributed by atoms with E-state index in [0.29, 0.717) is 6.42 Å². The molecule has 0 saturated heterocycles. The van der Waals surface area contributed by atoms with Gasteiger partial charge in [0.25, 0.3) is 5.56 Å². The van der Waals surface area contributed by atoms with Crippen LogP contribution in [0.25, 0.3) is 6.08 Å². The Morgan fingerprint density at radius 3 is 2.52 bits per heavy atom. The normalized spacial score (nSPS) is 10.9. The molecular formula is C19H21N3O5. The molecule has 0 spiro atoms. The van der Waals surface area contributed by atoms with Gasteiger partial charge in [0.1, 0.15) is 11.4 Å². The number of hydrogen-bond donors (Lipinski definition) is 2. The number of aromatic amines is 1. The van der Waals surface area contributed by atoms with Crippen LogP contribution in [-0.4, -0.2) is 27.9 Å². The molecule has 3 N–H and O–H groups in total. The van der Waals surface area contributed by atoms with Gasteiger partial charge in [-0.3, -0.25) is 19.1 Å². The van der Waals surface area contributed by atoms with E-state index in [0.717, 1.165) is 15.7 Å². The summed E-state index contributed by atoms with van der Waals surface area (Å²) >= 11 is 0. The van der Waals surface area contributed by atoms with Gasteiger partial charge in [-0.1, -0.05) is 36.8 Å². The Balaban J connectivity index is 2.08. The zero-order valence-corrected chi connectivity index (χ0v) is 15.2. The van der Waals surface area contributed by atoms with Crippen LogP contribution in [-0.2, 0) is 16.1 Å². The van der Waals surface area contributed by atoms with E-state index in [1.807, 2.05) is 43.1 Å². The smallest absolute Gasteiger partial charge is 0.331 e. The minimum atomic E-state index is -0.902. The molecular weight excluding hydrogens is 350 g/mol. The molecule has 0 amide bonds. The van der Waals surface area contributed by atoms with E-state index < -0.39 is 35.2 Å². The Morgan fingerprint density at radius 1 is 1.22 bits per heavy atom. The quantitative estimate of drug-likeness (QED) is 0.429. The summed E-state index contributed by atoms with van der Waals surface area (Å²) in [5.74, 6) is -1.75. The van der Waals surface area contributed by atoms with Crippen molar-refractivity contribution in [3.63, 3.8) is 0 Å². The number of carbonyl (C=O) groups excluding carboxylic acids is 2. The fraction of sp³-hybridized carbons (Fsp3) is 0.263. The summed E-state index contributed by atoms with van der Waals surface area (Å²) < 4.78 is 5.98. The van der Waals surface area contributed by atoms with E-state index in [1.165, 1.54) is 6.08 Å². The zero-order chi connectivity index (χ0) is 20.0. The Hall–Kier alpha value is -3.42. The maximum absolute atomic E-state index is 12.3. The average molecular weight is 371 g/mol. The third kappa shape index (κ3) is 5.04. The highest BCUT2D eigenvalue weighted by atomic mass is 16.5. The molecule has 0 saturated carbocycles. The van der Waals surface area contributed by atoms with E-state index in [-0.39, 0.29) is 12.4 Å². The molecule has 0 bridgehead atoms. The number of ketones is 1. The van der Waals surface area contributed by atoms with Crippen LogP contribution < -0.4 is 17.0 Å². The number of nitrogens with zero attached hydrogens (tertiary/aromatic N) is 1. The Bertz CT molecular complexity index is 984. The SMILES string of the molecule is CCCn1c(N)c(C(=O)COC(=O)/C=C/c2ccc(C)cc2)c(=O)[nH]c1=O. The predicted octanol–water partition coefficient (Wildman–Crippen LogP) is 1.28. The molecule has 0 fully saturated rings. The number of anilines is 1. The number of nitrogen functional groups attached to an aromatic ring is 1. The van der Waals surface area contributed by atoms with Gasteiger partial charge in [0, 0.05) is 12.6 Å². The van der Waals surface area contributed by atoms with Crippen LogP contribution in [0.15, 0.2) is 39.9 Å². The summed E-state index contributed by atoms with van der Waals surface area (Å²) in [4.78, 5) is 49.8. The average Bonchev–Trinajstić information content (AvgIpc) is 2.62. The first-order valence-corrected chi connectivity index (χ1v) is 8.40. The first-order chi connectivity index (χ1) is 12.8. The molecule has 1 aromatic heterocycles. The molecule has 2 rings (SSSR count). The van der Waals surface area contributed by atoms with E-state index in [1.54, 1.807) is 6.08 Å². The number of hydrogen-bond acceptors (Lipinski definition) is 6. The van der Waals surface area contributed by atoms with Gasteiger partial charge >= 0.3 is 11.7 Å². The molecule has 8 nitrogen and oxygen atoms in total. The number of Topliss-reactive ketones (excluding diaryl/α,β-unsaturated/α-hetero) is 1. The van der Waals surface area contributed by atoms with Crippen LogP contribution in [0.4, 0.5) is 5.82 Å². The van der Waals surface area contributed by atoms with Crippen LogP contribution in [0.5, 0.6) is 0 Å². The minimum Gasteiger partial charge on any atom is -0.454 e. The minimum absolute atomic E-state index is 0.234. The number of nitrogens with two attached hydrogens (primary N) is 1. The number of benzene rings is 1. The van der Waals surface area contributed by atoms with Crippen LogP contribution in [0, 0.1) is 6.92 Å². The lowest BCUT2D eigenvalue weighted by atomic mass is 10.1. The number of nitrogens with one attached hydrogen (secondary N) is 1. The first-order valence-electron chi connectivity index (χ1n) is 8.40. The van der Waals surface area contributed by atoms with Gasteiger partial charge < -0.3 is 10.5 Å². The number of aryl methyl sites for hydroxylation is 1. The molecule has 27 heavy (non-hydrogen) atoms. The van der Waals surface area contributed by atoms with E-state index in [2.05, 4.69) is 0 Å². The van der Waals surface area contributed by atoms with Crippen molar-refractivity contribution in [3.05, 3.63) is 67.9 Å². The summed E-state index contributed by atoms with van der Waals surface area (Å²) in [5.41, 5.74) is 5.71. The molecule has 0 aliphatic carbocycles. The maximum Gasteiger partial charge on any atom is 0.331 e. The lowest BCUT2D eigenvalue weighted by molar-refractivity contribution is -0.136. The number of carbonyl (C=O) groups is 2. The second-order valence-electron chi connectivity index (χ2n) is 5.95. The van der Waals surface area contributed by atoms with Gasteiger partial charge in [-0.25, -0.2) is 9.59 Å². The summed E-state index contributed by atoms with van der Waals surface area (Å²) in [6, 6.07) is 7.46. The lowest BCUT2D eigenvalue weighted by Crippen LogP contribution is -2.37. The van der Waals surface area contributed by atoms with Crippen molar-refractivity contribution in [2.75, 3.05) is 12.3 Å². The van der Waals surface area contributed by atoms with Gasteiger partial charge in [-0.05, 0) is 25.0 Å². The molecule has 2 aromatic rings. The number of H-pyrrole nitrogens is 1. The zero-order valence-electron chi connectivity index (χ0n) is 15.2. The highest BCUT2D eigenvalue weighted by Crippen LogP contribution is 2.07. The van der Waals surface area contributed by atoms with Crippen LogP contribution in [0.3, 0.4) is 0 Å². The highest BCUT2D eigenvalue weighted by molar-refractivity contribution is 6.01. The molecule has 8 heteroatoms. The number of esters is 1. The summed E-state index contributed by atoms with van der Waals surface area (Å²) in [6.45, 7) is 3.36. The maximum atomic E-state index is 12.3. The third-order valence-corrected chi connectivity index (χ3v) is 3.80. The van der Waals surface area contributed by atoms with Gasteiger partial charge in [0.05, 0.1) is 0 Å². The van der Waals surface area contributed by atoms with Crippen LogP contribution in [0.1, 0.15) is 34.8 Å². The standard InChI is InChI=1S/C19H21N3O5/c1-3-10-22-17(20)16(18(25)21-19(22)26)14(23)11-27-15(24)9-8-13-6-4-12(2)5-7-13/h4-9H,3,10-11,20H2,1-2H3,(H,21,25,26)/b9-8+. The van der Waals surface area contributed by atoms with Crippen molar-refractivity contribution in [2.24, 2.45) is 0 Å². The fourth-order valence-electron chi connectivity index (χ4n) is 2.40. The summed E-state index contributed by atoms with van der Waals surface area (Å²) in [6.07, 6.45) is 3.32. The summed E-state index contributed by atoms with van der Waals surface area (Å²) in [5, 5.41) is 0. The largest absolute Gasteiger partial charge is 0.454 e. The van der Waals surface area contributed by atoms with Gasteiger partial charge in [0.15, 0.2) is 6.61 Å². The van der Waals surface area contributed by atoms with Crippen LogP contribution in [0.2, 0.25) is 0 Å². The van der Waals surface area contributed by atoms with Gasteiger partial charge in [-0.2, -0.15) is 0 Å². The molecule has 0 aliphatic rings. The Morgan fingerprint density at radius 2 is 1.89 bits per heavy atom. The van der Waals surface area contributed by atoms with E-state index >= 15 is 0 Å². The number of ether oxygens (including phenoxy) is 1. The molecule has 0 aliphatic heterocycles. The van der Waals surface area contributed by atoms with Crippen molar-refractivity contribution in [2.45, 2.75) is 26.8 Å². The van der Waals surface area contributed by atoms with Gasteiger partial charge in [-0.15, -0.1) is 0 Å². The van der Waals surface area contributed by atoms with Crippen molar-refractivity contribution >= 4 is 23.6 Å². The third-order valence-electron chi connectivity index (χ3n) is 3.80.